The summed E-state index contributed by atoms with van der Waals surface area (Å²) in [5.41, 5.74) is 3.88. The van der Waals surface area contributed by atoms with Crippen LogP contribution in [0.15, 0.2) is 48.4 Å². The Balaban J connectivity index is 1.39. The van der Waals surface area contributed by atoms with Crippen molar-refractivity contribution in [1.29, 1.82) is 0 Å². The van der Waals surface area contributed by atoms with Crippen molar-refractivity contribution in [3.8, 4) is 0 Å². The number of anilines is 1. The van der Waals surface area contributed by atoms with Crippen LogP contribution in [-0.2, 0) is 20.7 Å². The number of allylic oxidation sites excluding steroid dienone is 1. The number of morpholine rings is 1. The third kappa shape index (κ3) is 3.94. The molecular weight excluding hydrogens is 409 g/mol. The van der Waals surface area contributed by atoms with Crippen LogP contribution in [0.1, 0.15) is 30.7 Å². The number of pyridine rings is 1. The van der Waals surface area contributed by atoms with Gasteiger partial charge in [-0.1, -0.05) is 6.07 Å². The Kier molecular flexibility index (Phi) is 5.31. The molecule has 0 aliphatic carbocycles. The molecule has 3 aliphatic heterocycles. The van der Waals surface area contributed by atoms with Crippen molar-refractivity contribution >= 4 is 22.7 Å². The standard InChI is InChI=1S/C25H26FN3O3/c1-25(2)20(16-3-5-18(27-15-16)7-8-29-9-11-31-12-10-29)14-22(32-25)23-19-6-4-17(26)13-21(19)28-24(23)30/h3-6,13-15H,7-12H2,1-2H3,(H,28,30)/b23-22+. The van der Waals surface area contributed by atoms with Gasteiger partial charge < -0.3 is 14.8 Å². The van der Waals surface area contributed by atoms with E-state index >= 15 is 0 Å². The lowest BCUT2D eigenvalue weighted by Gasteiger charge is -2.26. The number of halogens is 1. The molecule has 166 valence electrons. The topological polar surface area (TPSA) is 63.7 Å². The van der Waals surface area contributed by atoms with Crippen molar-refractivity contribution in [3.05, 3.63) is 71.0 Å². The van der Waals surface area contributed by atoms with Gasteiger partial charge in [-0.15, -0.1) is 0 Å². The predicted octanol–water partition coefficient (Wildman–Crippen LogP) is 3.65. The first kappa shape index (κ1) is 20.8. The summed E-state index contributed by atoms with van der Waals surface area (Å²) < 4.78 is 25.2. The predicted molar refractivity (Wildman–Crippen MR) is 120 cm³/mol. The van der Waals surface area contributed by atoms with Gasteiger partial charge in [0.25, 0.3) is 5.91 Å². The largest absolute Gasteiger partial charge is 0.482 e. The number of ether oxygens (including phenoxy) is 2. The van der Waals surface area contributed by atoms with Crippen molar-refractivity contribution in [2.75, 3.05) is 38.2 Å². The third-order valence-corrected chi connectivity index (χ3v) is 6.19. The second-order valence-corrected chi connectivity index (χ2v) is 8.80. The quantitative estimate of drug-likeness (QED) is 0.743. The van der Waals surface area contributed by atoms with E-state index in [1.807, 2.05) is 26.1 Å². The van der Waals surface area contributed by atoms with Crippen LogP contribution < -0.4 is 5.32 Å². The van der Waals surface area contributed by atoms with Crippen LogP contribution in [0, 0.1) is 5.82 Å². The summed E-state index contributed by atoms with van der Waals surface area (Å²) in [4.78, 5) is 19.7. The molecule has 5 rings (SSSR count). The lowest BCUT2D eigenvalue weighted by atomic mass is 9.93. The van der Waals surface area contributed by atoms with Crippen LogP contribution in [-0.4, -0.2) is 54.2 Å². The highest BCUT2D eigenvalue weighted by Gasteiger charge is 2.38. The monoisotopic (exact) mass is 435 g/mol. The lowest BCUT2D eigenvalue weighted by Crippen LogP contribution is -2.37. The molecule has 0 atom stereocenters. The number of hydrogen-bond donors (Lipinski definition) is 1. The highest BCUT2D eigenvalue weighted by Crippen LogP contribution is 2.44. The average molecular weight is 435 g/mol. The van der Waals surface area contributed by atoms with Crippen molar-refractivity contribution in [2.45, 2.75) is 25.9 Å². The van der Waals surface area contributed by atoms with E-state index in [1.54, 1.807) is 6.07 Å². The van der Waals surface area contributed by atoms with Gasteiger partial charge >= 0.3 is 0 Å². The molecule has 1 aromatic carbocycles. The van der Waals surface area contributed by atoms with Crippen LogP contribution in [0.2, 0.25) is 0 Å². The highest BCUT2D eigenvalue weighted by atomic mass is 19.1. The molecule has 6 nitrogen and oxygen atoms in total. The van der Waals surface area contributed by atoms with Crippen molar-refractivity contribution in [3.63, 3.8) is 0 Å². The van der Waals surface area contributed by atoms with Gasteiger partial charge in [0.05, 0.1) is 24.5 Å². The van der Waals surface area contributed by atoms with Gasteiger partial charge in [-0.2, -0.15) is 0 Å². The fourth-order valence-corrected chi connectivity index (χ4v) is 4.44. The maximum atomic E-state index is 13.6. The molecule has 4 heterocycles. The number of nitrogens with zero attached hydrogens (tertiary/aromatic N) is 2. The smallest absolute Gasteiger partial charge is 0.260 e. The molecule has 1 fully saturated rings. The first-order valence-electron chi connectivity index (χ1n) is 10.9. The van der Waals surface area contributed by atoms with Gasteiger partial charge in [-0.05, 0) is 44.2 Å². The zero-order chi connectivity index (χ0) is 22.3. The molecule has 32 heavy (non-hydrogen) atoms. The van der Waals surface area contributed by atoms with E-state index in [1.165, 1.54) is 12.1 Å². The van der Waals surface area contributed by atoms with Crippen LogP contribution >= 0.6 is 0 Å². The summed E-state index contributed by atoms with van der Waals surface area (Å²) >= 11 is 0. The van der Waals surface area contributed by atoms with Gasteiger partial charge in [0.2, 0.25) is 0 Å². The molecule has 0 unspecified atom stereocenters. The Morgan fingerprint density at radius 1 is 1.19 bits per heavy atom. The summed E-state index contributed by atoms with van der Waals surface area (Å²) in [6, 6.07) is 8.40. The summed E-state index contributed by atoms with van der Waals surface area (Å²) in [7, 11) is 0. The number of amides is 1. The van der Waals surface area contributed by atoms with Gasteiger partial charge in [0.1, 0.15) is 17.2 Å². The van der Waals surface area contributed by atoms with E-state index in [9.17, 15) is 9.18 Å². The average Bonchev–Trinajstić information content (AvgIpc) is 3.27. The number of hydrogen-bond acceptors (Lipinski definition) is 5. The third-order valence-electron chi connectivity index (χ3n) is 6.19. The Morgan fingerprint density at radius 3 is 2.75 bits per heavy atom. The second kappa shape index (κ2) is 8.15. The fraction of sp³-hybridized carbons (Fsp3) is 0.360. The Bertz CT molecular complexity index is 1120. The Hall–Kier alpha value is -3.03. The minimum Gasteiger partial charge on any atom is -0.482 e. The van der Waals surface area contributed by atoms with E-state index in [-0.39, 0.29) is 11.7 Å². The number of benzene rings is 1. The maximum absolute atomic E-state index is 13.6. The van der Waals surface area contributed by atoms with Gasteiger partial charge in [-0.3, -0.25) is 14.7 Å². The number of nitrogens with one attached hydrogen (secondary N) is 1. The SMILES string of the molecule is CC1(C)O/C(=C2/C(=O)Nc3cc(F)ccc32)C=C1c1ccc(CCN2CCOCC2)nc1. The fourth-order valence-electron chi connectivity index (χ4n) is 4.44. The molecule has 1 N–H and O–H groups in total. The van der Waals surface area contributed by atoms with Crippen LogP contribution in [0.25, 0.3) is 11.1 Å². The van der Waals surface area contributed by atoms with Gasteiger partial charge in [-0.25, -0.2) is 4.39 Å². The second-order valence-electron chi connectivity index (χ2n) is 8.80. The number of carbonyl (C=O) groups excluding carboxylic acids is 1. The summed E-state index contributed by atoms with van der Waals surface area (Å²) in [5, 5.41) is 2.73. The Labute approximate surface area is 186 Å². The van der Waals surface area contributed by atoms with E-state index in [2.05, 4.69) is 27.3 Å². The van der Waals surface area contributed by atoms with E-state index in [0.29, 0.717) is 22.6 Å². The van der Waals surface area contributed by atoms with Crippen molar-refractivity contribution < 1.29 is 18.7 Å². The number of fused-ring (bicyclic) bond motifs is 1. The normalized spacial score (nSPS) is 22.3. The molecule has 1 aromatic heterocycles. The molecule has 1 amide bonds. The van der Waals surface area contributed by atoms with E-state index < -0.39 is 5.60 Å². The molecule has 0 saturated carbocycles. The maximum Gasteiger partial charge on any atom is 0.260 e. The molecule has 0 spiro atoms. The van der Waals surface area contributed by atoms with E-state index in [0.717, 1.165) is 56.1 Å². The Morgan fingerprint density at radius 2 is 2.00 bits per heavy atom. The molecule has 0 bridgehead atoms. The molecule has 3 aliphatic rings. The summed E-state index contributed by atoms with van der Waals surface area (Å²) in [6.07, 6.45) is 4.66. The minimum atomic E-state index is -0.623. The molecule has 2 aromatic rings. The molecule has 1 saturated heterocycles. The van der Waals surface area contributed by atoms with Gasteiger partial charge in [0.15, 0.2) is 0 Å². The first-order valence-corrected chi connectivity index (χ1v) is 10.9. The number of carbonyl (C=O) groups is 1. The number of rotatable bonds is 4. The molecular formula is C25H26FN3O3. The van der Waals surface area contributed by atoms with Crippen LogP contribution in [0.5, 0.6) is 0 Å². The van der Waals surface area contributed by atoms with Crippen molar-refractivity contribution in [1.82, 2.24) is 9.88 Å². The van der Waals surface area contributed by atoms with Crippen molar-refractivity contribution in [2.24, 2.45) is 0 Å². The first-order chi connectivity index (χ1) is 15.4. The zero-order valence-corrected chi connectivity index (χ0v) is 18.3. The number of aromatic nitrogens is 1. The van der Waals surface area contributed by atoms with Crippen LogP contribution in [0.4, 0.5) is 10.1 Å². The molecule has 0 radical (unpaired) electrons. The summed E-state index contributed by atoms with van der Waals surface area (Å²) in [6.45, 7) is 8.44. The van der Waals surface area contributed by atoms with Crippen LogP contribution in [0.3, 0.4) is 0 Å². The highest BCUT2D eigenvalue weighted by molar-refractivity contribution is 6.32. The lowest BCUT2D eigenvalue weighted by molar-refractivity contribution is -0.111. The van der Waals surface area contributed by atoms with Gasteiger partial charge in [0, 0.05) is 54.6 Å². The van der Waals surface area contributed by atoms with E-state index in [4.69, 9.17) is 9.47 Å². The summed E-state index contributed by atoms with van der Waals surface area (Å²) in [5.74, 6) is -0.186. The molecule has 7 heteroatoms. The zero-order valence-electron chi connectivity index (χ0n) is 18.3. The minimum absolute atomic E-state index is 0.287.